The summed E-state index contributed by atoms with van der Waals surface area (Å²) in [6.07, 6.45) is 1.45. The van der Waals surface area contributed by atoms with Crippen molar-refractivity contribution in [2.24, 2.45) is 0 Å². The van der Waals surface area contributed by atoms with Crippen molar-refractivity contribution in [2.45, 2.75) is 0 Å². The first-order valence-electron chi connectivity index (χ1n) is 33.9. The monoisotopic (exact) mass is 1510 g/mol. The number of anilines is 6. The Labute approximate surface area is 613 Å². The summed E-state index contributed by atoms with van der Waals surface area (Å²) >= 11 is 0. The van der Waals surface area contributed by atoms with Crippen molar-refractivity contribution in [3.05, 3.63) is 370 Å². The number of carbonyl (C=O) groups is 1. The third kappa shape index (κ3) is 12.7. The minimum Gasteiger partial charge on any atom is -0.477 e. The molecule has 12 heteroatoms. The normalized spacial score (nSPS) is 11.1. The molecule has 0 aliphatic heterocycles. The number of para-hydroxylation sites is 4. The number of aromatic nitrogens is 7. The fourth-order valence-electron chi connectivity index (χ4n) is 13.7. The smallest absolute Gasteiger partial charge is 0.354 e. The number of carboxylic acids is 1. The molecule has 0 atom stereocenters. The molecule has 0 aliphatic rings. The minimum atomic E-state index is -0.990. The van der Waals surface area contributed by atoms with E-state index in [1.165, 1.54) is 12.3 Å². The van der Waals surface area contributed by atoms with Crippen molar-refractivity contribution in [1.82, 2.24) is 34.9 Å². The van der Waals surface area contributed by atoms with Crippen LogP contribution in [0, 0.1) is 12.1 Å². The van der Waals surface area contributed by atoms with Gasteiger partial charge in [0, 0.05) is 114 Å². The summed E-state index contributed by atoms with van der Waals surface area (Å²) in [6.45, 7) is 0. The van der Waals surface area contributed by atoms with Crippen molar-refractivity contribution in [1.29, 1.82) is 0 Å². The van der Waals surface area contributed by atoms with Gasteiger partial charge in [0.2, 0.25) is 0 Å². The Hall–Kier alpha value is -13.5. The number of hydrogen-bond donors (Lipinski definition) is 1. The molecule has 5 heterocycles. The molecule has 0 unspecified atom stereocenters. The zero-order chi connectivity index (χ0) is 69.0. The molecule has 5 aromatic heterocycles. The Morgan fingerprint density at radius 2 is 0.567 bits per heavy atom. The first kappa shape index (κ1) is 65.1. The Bertz CT molecular complexity index is 5550. The number of pyridine rings is 3. The van der Waals surface area contributed by atoms with Crippen LogP contribution >= 0.6 is 0 Å². The van der Waals surface area contributed by atoms with Gasteiger partial charge in [-0.05, 0) is 96.3 Å². The molecule has 0 saturated heterocycles. The first-order valence-corrected chi connectivity index (χ1v) is 33.9. The van der Waals surface area contributed by atoms with Crippen LogP contribution in [0.25, 0.3) is 133 Å². The van der Waals surface area contributed by atoms with Gasteiger partial charge in [-0.3, -0.25) is 19.9 Å². The van der Waals surface area contributed by atoms with E-state index in [0.29, 0.717) is 11.6 Å². The SMILES string of the molecule is O=C(O)c1ccccn1.[Ir].[c-]1ccc(N(c2ccccc2)c2ccccc2)cc1-c1nc2ccc3c(-c4ccccc4)nc(-c4ccccc4)c4ccc(n1)c2c34.[c-]1ccc(N(c2ccccc2)c2ccccc2)cc1-c1nc2ccc3c(-c4ccccc4)nc(-c4ccccc4)c4ccc(n1)c2c34. The molecule has 495 valence electrons. The number of benzene rings is 14. The van der Waals surface area contributed by atoms with Crippen molar-refractivity contribution >= 4 is 105 Å². The molecule has 19 aromatic rings. The quantitative estimate of drug-likeness (QED) is 0.0873. The zero-order valence-electron chi connectivity index (χ0n) is 55.7. The number of rotatable bonds is 13. The molecule has 11 nitrogen and oxygen atoms in total. The molecule has 0 fully saturated rings. The van der Waals surface area contributed by atoms with Gasteiger partial charge in [0.25, 0.3) is 0 Å². The molecule has 104 heavy (non-hydrogen) atoms. The van der Waals surface area contributed by atoms with Gasteiger partial charge in [-0.2, -0.15) is 0 Å². The number of hydrogen-bond acceptors (Lipinski definition) is 10. The Morgan fingerprint density at radius 3 is 0.827 bits per heavy atom. The predicted molar refractivity (Wildman–Crippen MR) is 418 cm³/mol. The van der Waals surface area contributed by atoms with Crippen molar-refractivity contribution in [3.63, 3.8) is 0 Å². The van der Waals surface area contributed by atoms with Gasteiger partial charge in [0.15, 0.2) is 0 Å². The maximum Gasteiger partial charge on any atom is 0.354 e. The summed E-state index contributed by atoms with van der Waals surface area (Å²) in [5, 5.41) is 17.1. The van der Waals surface area contributed by atoms with Crippen molar-refractivity contribution < 1.29 is 30.0 Å². The van der Waals surface area contributed by atoms with Crippen LogP contribution in [0.5, 0.6) is 0 Å². The Morgan fingerprint density at radius 1 is 0.288 bits per heavy atom. The number of aromatic carboxylic acids is 1. The van der Waals surface area contributed by atoms with Gasteiger partial charge < -0.3 is 14.9 Å². The first-order chi connectivity index (χ1) is 50.9. The van der Waals surface area contributed by atoms with Gasteiger partial charge >= 0.3 is 5.97 Å². The maximum absolute atomic E-state index is 10.1. The van der Waals surface area contributed by atoms with Crippen LogP contribution in [-0.2, 0) is 20.1 Å². The molecule has 1 radical (unpaired) electrons. The molecular weight excluding hydrogens is 1460 g/mol. The third-order valence-corrected chi connectivity index (χ3v) is 18.3. The topological polar surface area (TPSA) is 134 Å². The second kappa shape index (κ2) is 29.0. The largest absolute Gasteiger partial charge is 0.477 e. The predicted octanol–water partition coefficient (Wildman–Crippen LogP) is 22.9. The summed E-state index contributed by atoms with van der Waals surface area (Å²) in [5.74, 6) is 0.294. The number of carboxylic acid groups (broad SMARTS) is 1. The van der Waals surface area contributed by atoms with Crippen LogP contribution < -0.4 is 9.80 Å². The molecule has 0 amide bonds. The second-order valence-electron chi connectivity index (χ2n) is 24.7. The number of nitrogens with zero attached hydrogens (tertiary/aromatic N) is 9. The summed E-state index contributed by atoms with van der Waals surface area (Å²) in [7, 11) is 0. The van der Waals surface area contributed by atoms with E-state index in [0.717, 1.165) is 155 Å². The average Bonchev–Trinajstić information content (AvgIpc) is 0.725. The molecule has 19 rings (SSSR count). The van der Waals surface area contributed by atoms with E-state index < -0.39 is 5.97 Å². The minimum absolute atomic E-state index is 0. The van der Waals surface area contributed by atoms with Crippen LogP contribution in [0.2, 0.25) is 0 Å². The Kier molecular flexibility index (Phi) is 18.1. The molecule has 0 spiro atoms. The van der Waals surface area contributed by atoms with Gasteiger partial charge in [-0.15, -0.1) is 59.7 Å². The fraction of sp³-hybridized carbons (Fsp3) is 0. The molecule has 1 N–H and O–H groups in total. The maximum atomic E-state index is 10.1. The third-order valence-electron chi connectivity index (χ3n) is 18.3. The van der Waals surface area contributed by atoms with Crippen molar-refractivity contribution in [2.75, 3.05) is 9.80 Å². The van der Waals surface area contributed by atoms with E-state index in [4.69, 9.17) is 35.0 Å². The van der Waals surface area contributed by atoms with Crippen LogP contribution in [0.1, 0.15) is 10.5 Å². The van der Waals surface area contributed by atoms with E-state index in [1.807, 2.05) is 60.7 Å². The van der Waals surface area contributed by atoms with E-state index in [2.05, 4.69) is 294 Å². The van der Waals surface area contributed by atoms with Gasteiger partial charge in [0.05, 0.1) is 56.5 Å². The summed E-state index contributed by atoms with van der Waals surface area (Å²) in [6, 6.07) is 124. The van der Waals surface area contributed by atoms with Crippen LogP contribution in [0.3, 0.4) is 0 Å². The van der Waals surface area contributed by atoms with Crippen molar-refractivity contribution in [3.8, 4) is 67.8 Å². The van der Waals surface area contributed by atoms with E-state index in [-0.39, 0.29) is 25.8 Å². The summed E-state index contributed by atoms with van der Waals surface area (Å²) in [4.78, 5) is 49.4. The van der Waals surface area contributed by atoms with Gasteiger partial charge in [-0.1, -0.05) is 224 Å². The standard InChI is InChI=1S/2C43H27N4.C6H5NO2.Ir/c2*1-5-14-29(15-6-1)41-35-24-26-37-40-38(27-25-36(39(35)40)42(46-41)30-16-7-2-8-17-30)45-43(44-37)31-18-13-23-34(28-31)47(32-19-9-3-10-20-32)33-21-11-4-12-22-33;8-6(9)5-3-1-2-4-7-5;/h2*1-17,19-28H;1-4H,(H,8,9);/q2*-1;;. The molecule has 14 aromatic carbocycles. The second-order valence-corrected chi connectivity index (χ2v) is 24.7. The van der Waals surface area contributed by atoms with Crippen LogP contribution in [-0.4, -0.2) is 46.0 Å². The average molecular weight is 1510 g/mol. The molecule has 0 aliphatic carbocycles. The van der Waals surface area contributed by atoms with E-state index in [1.54, 1.807) is 12.1 Å². The summed E-state index contributed by atoms with van der Waals surface area (Å²) in [5.41, 5.74) is 19.8. The van der Waals surface area contributed by atoms with E-state index >= 15 is 0 Å². The molecular formula is C92H59IrN9O2-2. The molecule has 0 saturated carbocycles. The van der Waals surface area contributed by atoms with Gasteiger partial charge in [-0.25, -0.2) is 19.7 Å². The zero-order valence-corrected chi connectivity index (χ0v) is 58.1. The Balaban J connectivity index is 0.000000142. The van der Waals surface area contributed by atoms with Crippen LogP contribution in [0.4, 0.5) is 34.1 Å². The molecule has 0 bridgehead atoms. The summed E-state index contributed by atoms with van der Waals surface area (Å²) < 4.78 is 0. The van der Waals surface area contributed by atoms with Gasteiger partial charge in [0.1, 0.15) is 5.69 Å². The fourth-order valence-corrected chi connectivity index (χ4v) is 13.7. The van der Waals surface area contributed by atoms with Crippen LogP contribution in [0.15, 0.2) is 352 Å². The van der Waals surface area contributed by atoms with E-state index in [9.17, 15) is 4.79 Å².